The normalized spacial score (nSPS) is 29.6. The van der Waals surface area contributed by atoms with Crippen LogP contribution in [-0.4, -0.2) is 30.4 Å². The molecule has 4 atom stereocenters. The topological polar surface area (TPSA) is 36.9 Å². The van der Waals surface area contributed by atoms with Crippen LogP contribution in [0.15, 0.2) is 60.7 Å². The maximum absolute atomic E-state index is 6.27. The Labute approximate surface area is 155 Å². The summed E-state index contributed by atoms with van der Waals surface area (Å²) in [6, 6.07) is 20.7. The summed E-state index contributed by atoms with van der Waals surface area (Å²) < 4.78 is 24.4. The molecule has 4 heteroatoms. The van der Waals surface area contributed by atoms with E-state index in [2.05, 4.69) is 36.4 Å². The van der Waals surface area contributed by atoms with Crippen LogP contribution in [-0.2, 0) is 32.0 Å². The third kappa shape index (κ3) is 3.99. The zero-order valence-electron chi connectivity index (χ0n) is 15.3. The molecule has 2 unspecified atom stereocenters. The van der Waals surface area contributed by atoms with Crippen LogP contribution in [0.4, 0.5) is 0 Å². The molecule has 0 N–H and O–H groups in total. The van der Waals surface area contributed by atoms with Gasteiger partial charge in [0.15, 0.2) is 12.1 Å². The van der Waals surface area contributed by atoms with Gasteiger partial charge in [0.25, 0.3) is 0 Å². The molecule has 2 aliphatic rings. The largest absolute Gasteiger partial charge is 0.368 e. The summed E-state index contributed by atoms with van der Waals surface area (Å²) in [6.45, 7) is 4.38. The number of aryl methyl sites for hydroxylation is 1. The zero-order chi connectivity index (χ0) is 18.0. The van der Waals surface area contributed by atoms with E-state index in [1.807, 2.05) is 38.1 Å². The van der Waals surface area contributed by atoms with E-state index in [4.69, 9.17) is 18.9 Å². The van der Waals surface area contributed by atoms with E-state index >= 15 is 0 Å². The molecule has 26 heavy (non-hydrogen) atoms. The van der Waals surface area contributed by atoms with Crippen molar-refractivity contribution in [2.24, 2.45) is 0 Å². The van der Waals surface area contributed by atoms with E-state index in [0.717, 1.165) is 18.4 Å². The predicted octanol–water partition coefficient (Wildman–Crippen LogP) is 4.08. The first kappa shape index (κ1) is 17.7. The van der Waals surface area contributed by atoms with Crippen molar-refractivity contribution >= 4 is 0 Å². The van der Waals surface area contributed by atoms with E-state index in [-0.39, 0.29) is 24.6 Å². The number of benzene rings is 2. The van der Waals surface area contributed by atoms with E-state index in [9.17, 15) is 0 Å². The van der Waals surface area contributed by atoms with Gasteiger partial charge in [-0.1, -0.05) is 60.7 Å². The summed E-state index contributed by atoms with van der Waals surface area (Å²) in [7, 11) is 0. The van der Waals surface area contributed by atoms with Crippen molar-refractivity contribution in [3.63, 3.8) is 0 Å². The third-order valence-electron chi connectivity index (χ3n) is 4.93. The van der Waals surface area contributed by atoms with Gasteiger partial charge in [0, 0.05) is 0 Å². The molecule has 138 valence electrons. The summed E-state index contributed by atoms with van der Waals surface area (Å²) in [5.74, 6) is -0.631. The molecule has 0 aromatic heterocycles. The van der Waals surface area contributed by atoms with Crippen LogP contribution in [0.3, 0.4) is 0 Å². The number of ether oxygens (including phenoxy) is 4. The Morgan fingerprint density at radius 1 is 0.885 bits per heavy atom. The van der Waals surface area contributed by atoms with Crippen LogP contribution in [0.2, 0.25) is 0 Å². The fourth-order valence-corrected chi connectivity index (χ4v) is 3.70. The molecular formula is C22H26O4. The summed E-state index contributed by atoms with van der Waals surface area (Å²) in [5.41, 5.74) is 2.45. The van der Waals surface area contributed by atoms with Gasteiger partial charge in [-0.05, 0) is 37.8 Å². The molecule has 0 aliphatic carbocycles. The second kappa shape index (κ2) is 7.49. The van der Waals surface area contributed by atoms with Crippen LogP contribution in [0.5, 0.6) is 0 Å². The van der Waals surface area contributed by atoms with Gasteiger partial charge in [-0.15, -0.1) is 0 Å². The van der Waals surface area contributed by atoms with Gasteiger partial charge in [-0.25, -0.2) is 0 Å². The molecule has 2 aliphatic heterocycles. The lowest BCUT2D eigenvalue weighted by molar-refractivity contribution is -0.219. The molecule has 2 aromatic rings. The Hall–Kier alpha value is -1.72. The first-order valence-corrected chi connectivity index (χ1v) is 9.31. The van der Waals surface area contributed by atoms with Gasteiger partial charge >= 0.3 is 0 Å². The Balaban J connectivity index is 1.43. The van der Waals surface area contributed by atoms with Gasteiger partial charge in [0.2, 0.25) is 0 Å². The monoisotopic (exact) mass is 354 g/mol. The summed E-state index contributed by atoms with van der Waals surface area (Å²) in [5, 5.41) is 0. The molecule has 2 saturated heterocycles. The highest BCUT2D eigenvalue weighted by molar-refractivity contribution is 5.15. The fraction of sp³-hybridized carbons (Fsp3) is 0.455. The second-order valence-electron chi connectivity index (χ2n) is 7.43. The SMILES string of the molecule is CC1(C)OC2C(OCc3ccccc3)[C@@H](CCc3ccccc3)O[C@@H]2O1. The molecule has 2 fully saturated rings. The second-order valence-corrected chi connectivity index (χ2v) is 7.43. The Bertz CT molecular complexity index is 701. The number of rotatable bonds is 6. The van der Waals surface area contributed by atoms with Gasteiger partial charge < -0.3 is 18.9 Å². The quantitative estimate of drug-likeness (QED) is 0.783. The Morgan fingerprint density at radius 2 is 1.54 bits per heavy atom. The number of hydrogen-bond donors (Lipinski definition) is 0. The first-order chi connectivity index (χ1) is 12.6. The van der Waals surface area contributed by atoms with Crippen molar-refractivity contribution in [1.29, 1.82) is 0 Å². The zero-order valence-corrected chi connectivity index (χ0v) is 15.3. The molecule has 4 nitrogen and oxygen atoms in total. The Kier molecular flexibility index (Phi) is 5.09. The van der Waals surface area contributed by atoms with E-state index < -0.39 is 5.79 Å². The Morgan fingerprint density at radius 3 is 2.23 bits per heavy atom. The minimum absolute atomic E-state index is 0.0370. The van der Waals surface area contributed by atoms with E-state index in [1.54, 1.807) is 0 Å². The average Bonchev–Trinajstić information content (AvgIpc) is 3.11. The summed E-state index contributed by atoms with van der Waals surface area (Å²) >= 11 is 0. The molecular weight excluding hydrogens is 328 g/mol. The predicted molar refractivity (Wildman–Crippen MR) is 98.5 cm³/mol. The molecule has 4 rings (SSSR count). The molecule has 0 radical (unpaired) electrons. The average molecular weight is 354 g/mol. The van der Waals surface area contributed by atoms with Crippen molar-refractivity contribution < 1.29 is 18.9 Å². The van der Waals surface area contributed by atoms with E-state index in [1.165, 1.54) is 5.56 Å². The van der Waals surface area contributed by atoms with Gasteiger partial charge in [-0.3, -0.25) is 0 Å². The van der Waals surface area contributed by atoms with Crippen molar-refractivity contribution in [1.82, 2.24) is 0 Å². The molecule has 0 amide bonds. The maximum atomic E-state index is 6.27. The van der Waals surface area contributed by atoms with E-state index in [0.29, 0.717) is 6.61 Å². The van der Waals surface area contributed by atoms with Crippen LogP contribution in [0.1, 0.15) is 31.4 Å². The smallest absolute Gasteiger partial charge is 0.190 e. The van der Waals surface area contributed by atoms with Gasteiger partial charge in [-0.2, -0.15) is 0 Å². The lowest BCUT2D eigenvalue weighted by atomic mass is 10.0. The van der Waals surface area contributed by atoms with Gasteiger partial charge in [0.05, 0.1) is 12.7 Å². The first-order valence-electron chi connectivity index (χ1n) is 9.31. The van der Waals surface area contributed by atoms with Crippen LogP contribution < -0.4 is 0 Å². The minimum Gasteiger partial charge on any atom is -0.368 e. The fourth-order valence-electron chi connectivity index (χ4n) is 3.70. The summed E-state index contributed by atoms with van der Waals surface area (Å²) in [6.07, 6.45) is 1.11. The highest BCUT2D eigenvalue weighted by Gasteiger charge is 2.55. The van der Waals surface area contributed by atoms with Crippen molar-refractivity contribution in [2.45, 2.75) is 63.7 Å². The van der Waals surface area contributed by atoms with Crippen molar-refractivity contribution in [3.8, 4) is 0 Å². The third-order valence-corrected chi connectivity index (χ3v) is 4.93. The van der Waals surface area contributed by atoms with Crippen molar-refractivity contribution in [3.05, 3.63) is 71.8 Å². The molecule has 0 spiro atoms. The van der Waals surface area contributed by atoms with Crippen molar-refractivity contribution in [2.75, 3.05) is 0 Å². The number of fused-ring (bicyclic) bond motifs is 1. The standard InChI is InChI=1S/C22H26O4/c1-22(2)25-20-19(23-15-17-11-7-4-8-12-17)18(24-21(20)26-22)14-13-16-9-5-3-6-10-16/h3-12,18-21H,13-15H2,1-2H3/t18-,19?,20?,21-/m1/s1. The number of hydrogen-bond acceptors (Lipinski definition) is 4. The van der Waals surface area contributed by atoms with Crippen LogP contribution in [0, 0.1) is 0 Å². The maximum Gasteiger partial charge on any atom is 0.190 e. The highest BCUT2D eigenvalue weighted by Crippen LogP contribution is 2.40. The highest BCUT2D eigenvalue weighted by atomic mass is 16.8. The van der Waals surface area contributed by atoms with Crippen LogP contribution >= 0.6 is 0 Å². The minimum atomic E-state index is -0.631. The lowest BCUT2D eigenvalue weighted by Crippen LogP contribution is -2.37. The molecule has 2 aromatic carbocycles. The molecule has 0 saturated carbocycles. The lowest BCUT2D eigenvalue weighted by Gasteiger charge is -2.26. The summed E-state index contributed by atoms with van der Waals surface area (Å²) in [4.78, 5) is 0. The molecule has 0 bridgehead atoms. The van der Waals surface area contributed by atoms with Crippen LogP contribution in [0.25, 0.3) is 0 Å². The van der Waals surface area contributed by atoms with Gasteiger partial charge in [0.1, 0.15) is 12.2 Å². The molecule has 2 heterocycles.